The Balaban J connectivity index is 2.39. The van der Waals surface area contributed by atoms with E-state index in [0.717, 1.165) is 39.9 Å². The van der Waals surface area contributed by atoms with Crippen molar-refractivity contribution in [2.45, 2.75) is 53.5 Å². The van der Waals surface area contributed by atoms with Crippen LogP contribution in [0.1, 0.15) is 43.5 Å². The molecule has 1 aromatic carbocycles. The summed E-state index contributed by atoms with van der Waals surface area (Å²) in [6.45, 7) is 10.1. The molecular formula is C19H25BrN2O2. The number of benzene rings is 1. The normalized spacial score (nSPS) is 11.0. The monoisotopic (exact) mass is 392 g/mol. The van der Waals surface area contributed by atoms with Crippen LogP contribution in [0, 0.1) is 20.8 Å². The molecule has 0 radical (unpaired) electrons. The van der Waals surface area contributed by atoms with E-state index in [9.17, 15) is 5.11 Å². The van der Waals surface area contributed by atoms with E-state index in [4.69, 9.17) is 4.74 Å². The molecule has 1 heterocycles. The average molecular weight is 393 g/mol. The molecular weight excluding hydrogens is 368 g/mol. The van der Waals surface area contributed by atoms with Gasteiger partial charge in [-0.05, 0) is 62.9 Å². The molecule has 0 aliphatic heterocycles. The van der Waals surface area contributed by atoms with Gasteiger partial charge in [-0.2, -0.15) is 0 Å². The highest BCUT2D eigenvalue weighted by Gasteiger charge is 2.17. The van der Waals surface area contributed by atoms with Crippen molar-refractivity contribution in [2.24, 2.45) is 0 Å². The van der Waals surface area contributed by atoms with Gasteiger partial charge in [0.2, 0.25) is 5.75 Å². The molecule has 0 aliphatic carbocycles. The van der Waals surface area contributed by atoms with Crippen molar-refractivity contribution in [3.8, 4) is 17.4 Å². The zero-order valence-corrected chi connectivity index (χ0v) is 16.5. The highest BCUT2D eigenvalue weighted by Crippen LogP contribution is 2.39. The smallest absolute Gasteiger partial charge is 0.264 e. The van der Waals surface area contributed by atoms with Gasteiger partial charge in [-0.1, -0.05) is 29.8 Å². The molecule has 5 heteroatoms. The minimum atomic E-state index is 0.0502. The Labute approximate surface area is 152 Å². The van der Waals surface area contributed by atoms with Crippen LogP contribution in [-0.2, 0) is 0 Å². The van der Waals surface area contributed by atoms with E-state index in [1.165, 1.54) is 0 Å². The maximum atomic E-state index is 10.6. The van der Waals surface area contributed by atoms with Gasteiger partial charge in [0.1, 0.15) is 5.75 Å². The second-order valence-corrected chi connectivity index (χ2v) is 7.01. The third-order valence-electron chi connectivity index (χ3n) is 4.06. The lowest BCUT2D eigenvalue weighted by molar-refractivity contribution is 0.394. The molecule has 0 unspecified atom stereocenters. The van der Waals surface area contributed by atoms with Gasteiger partial charge in [0.05, 0.1) is 5.69 Å². The number of pyridine rings is 1. The van der Waals surface area contributed by atoms with E-state index >= 15 is 0 Å². The number of hydrogen-bond acceptors (Lipinski definition) is 4. The summed E-state index contributed by atoms with van der Waals surface area (Å²) < 4.78 is 6.98. The first kappa shape index (κ1) is 18.6. The predicted molar refractivity (Wildman–Crippen MR) is 102 cm³/mol. The van der Waals surface area contributed by atoms with Crippen molar-refractivity contribution in [2.75, 3.05) is 5.32 Å². The van der Waals surface area contributed by atoms with Gasteiger partial charge >= 0.3 is 0 Å². The summed E-state index contributed by atoms with van der Waals surface area (Å²) in [4.78, 5) is 4.37. The zero-order chi connectivity index (χ0) is 17.9. The maximum absolute atomic E-state index is 10.6. The Hall–Kier alpha value is -1.75. The van der Waals surface area contributed by atoms with Crippen LogP contribution in [0.15, 0.2) is 22.7 Å². The topological polar surface area (TPSA) is 54.4 Å². The Morgan fingerprint density at radius 2 is 1.71 bits per heavy atom. The van der Waals surface area contributed by atoms with E-state index in [1.54, 1.807) is 0 Å². The van der Waals surface area contributed by atoms with Crippen LogP contribution in [0.4, 0.5) is 5.69 Å². The molecule has 0 saturated carbocycles. The maximum Gasteiger partial charge on any atom is 0.264 e. The van der Waals surface area contributed by atoms with Gasteiger partial charge in [0, 0.05) is 16.2 Å². The molecule has 4 nitrogen and oxygen atoms in total. The summed E-state index contributed by atoms with van der Waals surface area (Å²) >= 11 is 3.48. The van der Waals surface area contributed by atoms with Crippen molar-refractivity contribution in [3.63, 3.8) is 0 Å². The third-order valence-corrected chi connectivity index (χ3v) is 4.52. The van der Waals surface area contributed by atoms with Crippen molar-refractivity contribution in [1.82, 2.24) is 4.98 Å². The summed E-state index contributed by atoms with van der Waals surface area (Å²) in [5, 5.41) is 14.0. The Kier molecular flexibility index (Phi) is 6.10. The fourth-order valence-corrected chi connectivity index (χ4v) is 3.37. The fourth-order valence-electron chi connectivity index (χ4n) is 2.69. The van der Waals surface area contributed by atoms with Crippen LogP contribution >= 0.6 is 15.9 Å². The molecule has 0 aliphatic rings. The molecule has 2 N–H and O–H groups in total. The fraction of sp³-hybridized carbons (Fsp3) is 0.421. The SMILES string of the molecule is CCC(CC)Nc1cc(C)nc(Oc2c(C)cc(Br)cc2C)c1O. The molecule has 0 atom stereocenters. The molecule has 2 rings (SSSR count). The number of nitrogens with one attached hydrogen (secondary N) is 1. The van der Waals surface area contributed by atoms with E-state index in [1.807, 2.05) is 39.0 Å². The minimum absolute atomic E-state index is 0.0502. The third kappa shape index (κ3) is 4.20. The lowest BCUT2D eigenvalue weighted by atomic mass is 10.1. The summed E-state index contributed by atoms with van der Waals surface area (Å²) in [5.41, 5.74) is 3.43. The Morgan fingerprint density at radius 3 is 2.25 bits per heavy atom. The lowest BCUT2D eigenvalue weighted by Crippen LogP contribution is -2.17. The zero-order valence-electron chi connectivity index (χ0n) is 14.9. The molecule has 24 heavy (non-hydrogen) atoms. The summed E-state index contributed by atoms with van der Waals surface area (Å²) in [6.07, 6.45) is 1.97. The van der Waals surface area contributed by atoms with Gasteiger partial charge in [-0.15, -0.1) is 0 Å². The number of hydrogen-bond donors (Lipinski definition) is 2. The van der Waals surface area contributed by atoms with Gasteiger partial charge in [0.15, 0.2) is 0 Å². The molecule has 130 valence electrons. The minimum Gasteiger partial charge on any atom is -0.502 e. The van der Waals surface area contributed by atoms with Gasteiger partial charge in [-0.25, -0.2) is 4.98 Å². The summed E-state index contributed by atoms with van der Waals surface area (Å²) in [7, 11) is 0. The first-order valence-electron chi connectivity index (χ1n) is 8.27. The first-order valence-corrected chi connectivity index (χ1v) is 9.06. The van der Waals surface area contributed by atoms with Crippen LogP contribution in [0.3, 0.4) is 0 Å². The highest BCUT2D eigenvalue weighted by atomic mass is 79.9. The number of anilines is 1. The van der Waals surface area contributed by atoms with Crippen LogP contribution < -0.4 is 10.1 Å². The first-order chi connectivity index (χ1) is 11.3. The summed E-state index contributed by atoms with van der Waals surface area (Å²) in [6, 6.07) is 6.13. The van der Waals surface area contributed by atoms with E-state index < -0.39 is 0 Å². The molecule has 0 spiro atoms. The number of aromatic hydroxyl groups is 1. The number of nitrogens with zero attached hydrogens (tertiary/aromatic N) is 1. The summed E-state index contributed by atoms with van der Waals surface area (Å²) in [5.74, 6) is 1.01. The number of aromatic nitrogens is 1. The Bertz CT molecular complexity index is 705. The lowest BCUT2D eigenvalue weighted by Gasteiger charge is -2.19. The van der Waals surface area contributed by atoms with E-state index in [-0.39, 0.29) is 11.6 Å². The number of ether oxygens (including phenoxy) is 1. The predicted octanol–water partition coefficient (Wildman–Crippen LogP) is 5.87. The van der Waals surface area contributed by atoms with Gasteiger partial charge in [0.25, 0.3) is 5.88 Å². The molecule has 0 saturated heterocycles. The van der Waals surface area contributed by atoms with Crippen molar-refractivity contribution in [1.29, 1.82) is 0 Å². The van der Waals surface area contributed by atoms with E-state index in [0.29, 0.717) is 11.7 Å². The van der Waals surface area contributed by atoms with Crippen molar-refractivity contribution < 1.29 is 9.84 Å². The van der Waals surface area contributed by atoms with Crippen LogP contribution in [0.2, 0.25) is 0 Å². The highest BCUT2D eigenvalue weighted by molar-refractivity contribution is 9.10. The second-order valence-electron chi connectivity index (χ2n) is 6.09. The van der Waals surface area contributed by atoms with Gasteiger partial charge < -0.3 is 15.2 Å². The molecule has 0 fully saturated rings. The van der Waals surface area contributed by atoms with Gasteiger partial charge in [-0.3, -0.25) is 0 Å². The van der Waals surface area contributed by atoms with Crippen molar-refractivity contribution >= 4 is 21.6 Å². The van der Waals surface area contributed by atoms with Crippen LogP contribution in [0.25, 0.3) is 0 Å². The van der Waals surface area contributed by atoms with E-state index in [2.05, 4.69) is 40.1 Å². The number of aryl methyl sites for hydroxylation is 3. The second kappa shape index (κ2) is 7.88. The molecule has 1 aromatic heterocycles. The van der Waals surface area contributed by atoms with Crippen molar-refractivity contribution in [3.05, 3.63) is 39.5 Å². The Morgan fingerprint density at radius 1 is 1.12 bits per heavy atom. The number of rotatable bonds is 6. The largest absolute Gasteiger partial charge is 0.502 e. The average Bonchev–Trinajstić information content (AvgIpc) is 2.52. The molecule has 0 bridgehead atoms. The molecule has 0 amide bonds. The van der Waals surface area contributed by atoms with Crippen LogP contribution in [-0.4, -0.2) is 16.1 Å². The standard InChI is InChI=1S/C19H25BrN2O2/c1-6-15(7-2)22-16-10-13(5)21-19(17(16)23)24-18-11(3)8-14(20)9-12(18)4/h8-10,15,23H,6-7H2,1-5H3,(H,21,22). The van der Waals surface area contributed by atoms with Crippen LogP contribution in [0.5, 0.6) is 17.4 Å². The number of halogens is 1. The quantitative estimate of drug-likeness (QED) is 0.645. The molecule has 2 aromatic rings.